The third kappa shape index (κ3) is 5.39. The highest BCUT2D eigenvalue weighted by atomic mass is 16.5. The van der Waals surface area contributed by atoms with Gasteiger partial charge in [-0.3, -0.25) is 9.80 Å². The standard InChI is InChI=1S/C29H37N3O5.C2H6/c1-28(2)16-25-29(7-9-31(10-8-29)17-19-11-21(34-3)14-22(12-19)35-4)30-27(33)32(25)18-20-13-23(36-5)15-24(37-6)26(20)28;1-2/h11-16H,7-10,17-18H2,1-6H3,(H,30,33);1-2H3. The van der Waals surface area contributed by atoms with E-state index >= 15 is 0 Å². The largest absolute Gasteiger partial charge is 0.497 e. The Hall–Kier alpha value is -3.39. The number of allylic oxidation sites excluding steroid dienone is 1. The molecule has 1 N–H and O–H groups in total. The van der Waals surface area contributed by atoms with E-state index < -0.39 is 0 Å². The maximum atomic E-state index is 13.3. The van der Waals surface area contributed by atoms with E-state index in [-0.39, 0.29) is 17.0 Å². The van der Waals surface area contributed by atoms with Gasteiger partial charge < -0.3 is 24.3 Å². The summed E-state index contributed by atoms with van der Waals surface area (Å²) in [7, 11) is 6.68. The predicted octanol–water partition coefficient (Wildman–Crippen LogP) is 5.48. The van der Waals surface area contributed by atoms with Crippen molar-refractivity contribution in [2.45, 2.75) is 64.6 Å². The van der Waals surface area contributed by atoms with Crippen LogP contribution in [0.15, 0.2) is 42.1 Å². The molecule has 3 heterocycles. The summed E-state index contributed by atoms with van der Waals surface area (Å²) in [6.07, 6.45) is 3.96. The fraction of sp³-hybridized carbons (Fsp3) is 0.516. The summed E-state index contributed by atoms with van der Waals surface area (Å²) in [5, 5.41) is 3.38. The number of hydrogen-bond donors (Lipinski definition) is 1. The Morgan fingerprint density at radius 3 is 2.00 bits per heavy atom. The minimum atomic E-state index is -0.379. The lowest BCUT2D eigenvalue weighted by Crippen LogP contribution is -2.51. The number of fused-ring (bicyclic) bond motifs is 3. The second-order valence-electron chi connectivity index (χ2n) is 10.7. The number of nitrogens with zero attached hydrogens (tertiary/aromatic N) is 2. The third-order valence-corrected chi connectivity index (χ3v) is 7.98. The summed E-state index contributed by atoms with van der Waals surface area (Å²) in [5.41, 5.74) is 3.66. The minimum Gasteiger partial charge on any atom is -0.497 e. The van der Waals surface area contributed by atoms with E-state index in [2.05, 4.69) is 42.3 Å². The van der Waals surface area contributed by atoms with Crippen LogP contribution in [0.5, 0.6) is 23.0 Å². The Kier molecular flexibility index (Phi) is 8.35. The molecule has 8 nitrogen and oxygen atoms in total. The zero-order chi connectivity index (χ0) is 28.4. The van der Waals surface area contributed by atoms with E-state index in [9.17, 15) is 4.79 Å². The van der Waals surface area contributed by atoms with Crippen LogP contribution in [-0.4, -0.2) is 62.9 Å². The highest BCUT2D eigenvalue weighted by molar-refractivity contribution is 5.83. The summed E-state index contributed by atoms with van der Waals surface area (Å²) in [6, 6.07) is 9.92. The van der Waals surface area contributed by atoms with Crippen LogP contribution in [0.2, 0.25) is 0 Å². The first-order chi connectivity index (χ1) is 18.7. The minimum absolute atomic E-state index is 0.0392. The number of likely N-dealkylation sites (tertiary alicyclic amines) is 1. The van der Waals surface area contributed by atoms with Crippen molar-refractivity contribution in [3.63, 3.8) is 0 Å². The van der Waals surface area contributed by atoms with Crippen LogP contribution >= 0.6 is 0 Å². The number of hydrogen-bond acceptors (Lipinski definition) is 6. The van der Waals surface area contributed by atoms with Gasteiger partial charge in [0.05, 0.1) is 40.5 Å². The summed E-state index contributed by atoms with van der Waals surface area (Å²) >= 11 is 0. The van der Waals surface area contributed by atoms with E-state index in [1.165, 1.54) is 0 Å². The van der Waals surface area contributed by atoms with Crippen LogP contribution in [0, 0.1) is 0 Å². The van der Waals surface area contributed by atoms with Crippen molar-refractivity contribution in [3.8, 4) is 23.0 Å². The molecule has 0 radical (unpaired) electrons. The smallest absolute Gasteiger partial charge is 0.322 e. The quantitative estimate of drug-likeness (QED) is 0.526. The maximum absolute atomic E-state index is 13.3. The van der Waals surface area contributed by atoms with E-state index in [0.717, 1.165) is 77.9 Å². The average molecular weight is 538 g/mol. The number of amides is 2. The van der Waals surface area contributed by atoms with E-state index in [1.807, 2.05) is 36.9 Å². The molecule has 0 bridgehead atoms. The van der Waals surface area contributed by atoms with Gasteiger partial charge in [-0.05, 0) is 42.2 Å². The molecule has 2 aromatic carbocycles. The highest BCUT2D eigenvalue weighted by Gasteiger charge is 2.51. The Morgan fingerprint density at radius 2 is 1.44 bits per heavy atom. The lowest BCUT2D eigenvalue weighted by Gasteiger charge is -2.40. The second-order valence-corrected chi connectivity index (χ2v) is 10.7. The SMILES string of the molecule is CC.COc1cc(CN2CCC3(CC2)NC(=O)N2Cc4cc(OC)cc(OC)c4C(C)(C)C=C23)cc(OC)c1. The van der Waals surface area contributed by atoms with Gasteiger partial charge >= 0.3 is 6.03 Å². The molecule has 39 heavy (non-hydrogen) atoms. The van der Waals surface area contributed by atoms with Crippen molar-refractivity contribution in [2.24, 2.45) is 0 Å². The molecule has 0 unspecified atom stereocenters. The molecule has 0 aliphatic carbocycles. The third-order valence-electron chi connectivity index (χ3n) is 7.98. The maximum Gasteiger partial charge on any atom is 0.322 e. The van der Waals surface area contributed by atoms with Gasteiger partial charge in [0.1, 0.15) is 23.0 Å². The number of benzene rings is 2. The zero-order valence-electron chi connectivity index (χ0n) is 24.6. The van der Waals surface area contributed by atoms with Gasteiger partial charge in [0.25, 0.3) is 0 Å². The van der Waals surface area contributed by atoms with Gasteiger partial charge in [-0.25, -0.2) is 4.79 Å². The van der Waals surface area contributed by atoms with Crippen molar-refractivity contribution < 1.29 is 23.7 Å². The monoisotopic (exact) mass is 537 g/mol. The first-order valence-corrected chi connectivity index (χ1v) is 13.7. The van der Waals surface area contributed by atoms with Gasteiger partial charge in [-0.2, -0.15) is 0 Å². The molecule has 2 saturated heterocycles. The van der Waals surface area contributed by atoms with Gasteiger partial charge in [-0.1, -0.05) is 33.8 Å². The Labute approximate surface area is 232 Å². The average Bonchev–Trinajstić information content (AvgIpc) is 3.10. The second kappa shape index (κ2) is 11.4. The van der Waals surface area contributed by atoms with Crippen LogP contribution in [-0.2, 0) is 18.5 Å². The molecule has 2 amide bonds. The van der Waals surface area contributed by atoms with Crippen LogP contribution < -0.4 is 24.3 Å². The van der Waals surface area contributed by atoms with Crippen molar-refractivity contribution in [2.75, 3.05) is 41.5 Å². The van der Waals surface area contributed by atoms with Crippen molar-refractivity contribution in [3.05, 3.63) is 58.8 Å². The summed E-state index contributed by atoms with van der Waals surface area (Å²) < 4.78 is 22.2. The fourth-order valence-electron chi connectivity index (χ4n) is 6.13. The Morgan fingerprint density at radius 1 is 0.846 bits per heavy atom. The highest BCUT2D eigenvalue weighted by Crippen LogP contribution is 2.47. The molecule has 0 saturated carbocycles. The molecule has 2 aromatic rings. The number of piperidine rings is 1. The number of rotatable bonds is 6. The number of methoxy groups -OCH3 is 4. The number of nitrogens with one attached hydrogen (secondary N) is 1. The lowest BCUT2D eigenvalue weighted by atomic mass is 9.77. The molecular formula is C31H43N3O5. The van der Waals surface area contributed by atoms with E-state index in [4.69, 9.17) is 18.9 Å². The Balaban J connectivity index is 0.00000172. The lowest BCUT2D eigenvalue weighted by molar-refractivity contribution is 0.159. The zero-order valence-corrected chi connectivity index (χ0v) is 24.6. The molecular weight excluding hydrogens is 494 g/mol. The van der Waals surface area contributed by atoms with Crippen molar-refractivity contribution in [1.29, 1.82) is 0 Å². The summed E-state index contributed by atoms with van der Waals surface area (Å²) in [4.78, 5) is 17.7. The number of carbonyl (C=O) groups is 1. The molecule has 2 fully saturated rings. The molecule has 0 aromatic heterocycles. The van der Waals surface area contributed by atoms with Gasteiger partial charge in [0.2, 0.25) is 0 Å². The molecule has 212 valence electrons. The van der Waals surface area contributed by atoms with E-state index in [0.29, 0.717) is 6.54 Å². The molecule has 0 atom stereocenters. The summed E-state index contributed by atoms with van der Waals surface area (Å²) in [5.74, 6) is 3.10. The molecule has 8 heteroatoms. The number of urea groups is 1. The molecule has 3 aliphatic rings. The van der Waals surface area contributed by atoms with Crippen molar-refractivity contribution >= 4 is 6.03 Å². The fourth-order valence-corrected chi connectivity index (χ4v) is 6.13. The van der Waals surface area contributed by atoms with Crippen LogP contribution in [0.25, 0.3) is 0 Å². The molecule has 3 aliphatic heterocycles. The van der Waals surface area contributed by atoms with Crippen LogP contribution in [0.3, 0.4) is 0 Å². The van der Waals surface area contributed by atoms with Gasteiger partial charge in [-0.15, -0.1) is 0 Å². The van der Waals surface area contributed by atoms with Gasteiger partial charge in [0, 0.05) is 48.4 Å². The van der Waals surface area contributed by atoms with Crippen LogP contribution in [0.1, 0.15) is 57.2 Å². The van der Waals surface area contributed by atoms with Gasteiger partial charge in [0.15, 0.2) is 0 Å². The predicted molar refractivity (Wildman–Crippen MR) is 153 cm³/mol. The topological polar surface area (TPSA) is 72.5 Å². The summed E-state index contributed by atoms with van der Waals surface area (Å²) in [6.45, 7) is 11.4. The van der Waals surface area contributed by atoms with E-state index in [1.54, 1.807) is 28.4 Å². The number of carbonyl (C=O) groups excluding carboxylic acids is 1. The Bertz CT molecular complexity index is 1210. The normalized spacial score (nSPS) is 19.0. The molecule has 1 spiro atoms. The van der Waals surface area contributed by atoms with Crippen molar-refractivity contribution in [1.82, 2.24) is 15.1 Å². The first kappa shape index (κ1) is 28.6. The molecule has 5 rings (SSSR count). The first-order valence-electron chi connectivity index (χ1n) is 13.7. The van der Waals surface area contributed by atoms with Crippen LogP contribution in [0.4, 0.5) is 4.79 Å². The number of ether oxygens (including phenoxy) is 4.